The Morgan fingerprint density at radius 3 is 2.41 bits per heavy atom. The van der Waals surface area contributed by atoms with E-state index in [0.717, 1.165) is 24.8 Å². The zero-order valence-electron chi connectivity index (χ0n) is 19.0. The van der Waals surface area contributed by atoms with Crippen LogP contribution in [0.5, 0.6) is 0 Å². The fourth-order valence-electron chi connectivity index (χ4n) is 3.17. The summed E-state index contributed by atoms with van der Waals surface area (Å²) in [7, 11) is -1.60. The lowest BCUT2D eigenvalue weighted by atomic mass is 10.2. The van der Waals surface area contributed by atoms with Crippen LogP contribution in [0.1, 0.15) is 17.3 Å². The van der Waals surface area contributed by atoms with Crippen LogP contribution in [-0.2, 0) is 29.1 Å². The first-order valence-electron chi connectivity index (χ1n) is 10.4. The van der Waals surface area contributed by atoms with E-state index in [1.807, 2.05) is 12.1 Å². The zero-order chi connectivity index (χ0) is 24.9. The molecule has 1 heterocycles. The van der Waals surface area contributed by atoms with Gasteiger partial charge in [-0.15, -0.1) is 0 Å². The number of sulfonamides is 1. The third-order valence-corrected chi connectivity index (χ3v) is 7.22. The van der Waals surface area contributed by atoms with E-state index in [0.29, 0.717) is 23.4 Å². The highest BCUT2D eigenvalue weighted by molar-refractivity contribution is 7.89. The van der Waals surface area contributed by atoms with Crippen LogP contribution in [0.2, 0.25) is 5.02 Å². The molecule has 1 amide bonds. The smallest absolute Gasteiger partial charge is 0.340 e. The molecule has 0 aromatic heterocycles. The quantitative estimate of drug-likeness (QED) is 0.425. The van der Waals surface area contributed by atoms with Gasteiger partial charge in [-0.25, -0.2) is 13.2 Å². The van der Waals surface area contributed by atoms with E-state index in [4.69, 9.17) is 25.9 Å². The van der Waals surface area contributed by atoms with Crippen molar-refractivity contribution in [1.29, 1.82) is 0 Å². The fourth-order valence-corrected chi connectivity index (χ4v) is 4.36. The summed E-state index contributed by atoms with van der Waals surface area (Å²) >= 11 is 6.07. The van der Waals surface area contributed by atoms with Crippen LogP contribution in [0.4, 0.5) is 11.4 Å². The van der Waals surface area contributed by atoms with Crippen LogP contribution < -0.4 is 10.2 Å². The molecule has 0 spiro atoms. The van der Waals surface area contributed by atoms with Crippen LogP contribution in [0.25, 0.3) is 0 Å². The molecular weight excluding hydrogens is 486 g/mol. The molecule has 0 radical (unpaired) electrons. The van der Waals surface area contributed by atoms with Crippen molar-refractivity contribution in [3.8, 4) is 0 Å². The van der Waals surface area contributed by atoms with Gasteiger partial charge in [-0.1, -0.05) is 16.1 Å². The van der Waals surface area contributed by atoms with E-state index in [-0.39, 0.29) is 15.5 Å². The van der Waals surface area contributed by atoms with Crippen molar-refractivity contribution in [3.63, 3.8) is 0 Å². The number of carbonyl (C=O) groups is 2. The molecule has 1 N–H and O–H groups in total. The first-order chi connectivity index (χ1) is 16.1. The lowest BCUT2D eigenvalue weighted by Crippen LogP contribution is -2.36. The molecule has 0 bridgehead atoms. The maximum atomic E-state index is 12.6. The van der Waals surface area contributed by atoms with E-state index >= 15 is 0 Å². The highest BCUT2D eigenvalue weighted by Crippen LogP contribution is 2.24. The van der Waals surface area contributed by atoms with E-state index in [9.17, 15) is 18.0 Å². The summed E-state index contributed by atoms with van der Waals surface area (Å²) in [5.74, 6) is -1.49. The summed E-state index contributed by atoms with van der Waals surface area (Å²) in [6, 6.07) is 10.9. The van der Waals surface area contributed by atoms with E-state index < -0.39 is 28.0 Å². The molecule has 1 aliphatic heterocycles. The van der Waals surface area contributed by atoms with Crippen molar-refractivity contribution in [2.75, 3.05) is 50.7 Å². The van der Waals surface area contributed by atoms with Crippen LogP contribution in [0, 0.1) is 0 Å². The monoisotopic (exact) mass is 511 g/mol. The first-order valence-corrected chi connectivity index (χ1v) is 12.2. The Morgan fingerprint density at radius 2 is 1.79 bits per heavy atom. The molecule has 184 valence electrons. The number of hydrogen-bond acceptors (Lipinski definition) is 8. The predicted molar refractivity (Wildman–Crippen MR) is 126 cm³/mol. The van der Waals surface area contributed by atoms with E-state index in [2.05, 4.69) is 10.2 Å². The van der Waals surface area contributed by atoms with E-state index in [1.54, 1.807) is 12.1 Å². The third-order valence-electron chi connectivity index (χ3n) is 5.22. The second kappa shape index (κ2) is 11.2. The molecule has 2 aromatic carbocycles. The van der Waals surface area contributed by atoms with Gasteiger partial charge in [0.1, 0.15) is 0 Å². The second-order valence-electron chi connectivity index (χ2n) is 7.42. The zero-order valence-corrected chi connectivity index (χ0v) is 20.6. The molecule has 1 atom stereocenters. The number of anilines is 2. The molecule has 0 aliphatic carbocycles. The predicted octanol–water partition coefficient (Wildman–Crippen LogP) is 2.54. The van der Waals surface area contributed by atoms with Gasteiger partial charge in [-0.3, -0.25) is 9.63 Å². The molecule has 10 nitrogen and oxygen atoms in total. The maximum Gasteiger partial charge on any atom is 0.340 e. The van der Waals surface area contributed by atoms with Gasteiger partial charge in [0.2, 0.25) is 0 Å². The maximum absolute atomic E-state index is 12.6. The van der Waals surface area contributed by atoms with Crippen LogP contribution in [0.15, 0.2) is 47.4 Å². The number of hydrogen-bond donors (Lipinski definition) is 1. The number of esters is 1. The third kappa shape index (κ3) is 6.05. The standard InChI is InChI=1S/C22H26ClN3O7S/c1-15(21(27)24-16-4-6-17(7-5-16)26-10-12-32-13-11-26)33-22(28)19-14-18(8-9-20(19)23)34(29,30)25(2)31-3/h4-9,14-15H,10-13H2,1-3H3,(H,24,27). The Kier molecular flexibility index (Phi) is 8.50. The van der Waals surface area contributed by atoms with Crippen molar-refractivity contribution in [2.24, 2.45) is 0 Å². The average molecular weight is 512 g/mol. The summed E-state index contributed by atoms with van der Waals surface area (Å²) in [5, 5.41) is 2.67. The van der Waals surface area contributed by atoms with Crippen molar-refractivity contribution in [3.05, 3.63) is 53.1 Å². The van der Waals surface area contributed by atoms with Gasteiger partial charge in [0, 0.05) is 31.5 Å². The minimum absolute atomic E-state index is 0.0182. The normalized spacial score (nSPS) is 15.1. The highest BCUT2D eigenvalue weighted by atomic mass is 35.5. The minimum Gasteiger partial charge on any atom is -0.449 e. The number of morpholine rings is 1. The van der Waals surface area contributed by atoms with Gasteiger partial charge in [0.05, 0.1) is 35.8 Å². The number of ether oxygens (including phenoxy) is 2. The topological polar surface area (TPSA) is 114 Å². The van der Waals surface area contributed by atoms with Crippen molar-refractivity contribution >= 4 is 44.9 Å². The number of hydroxylamine groups is 1. The summed E-state index contributed by atoms with van der Waals surface area (Å²) in [6.07, 6.45) is -1.16. The number of amides is 1. The molecule has 1 saturated heterocycles. The number of benzene rings is 2. The van der Waals surface area contributed by atoms with Crippen molar-refractivity contribution in [1.82, 2.24) is 4.47 Å². The van der Waals surface area contributed by atoms with Crippen LogP contribution in [0.3, 0.4) is 0 Å². The lowest BCUT2D eigenvalue weighted by molar-refractivity contribution is -0.123. The molecule has 1 fully saturated rings. The highest BCUT2D eigenvalue weighted by Gasteiger charge is 2.26. The van der Waals surface area contributed by atoms with Gasteiger partial charge in [-0.05, 0) is 49.4 Å². The summed E-state index contributed by atoms with van der Waals surface area (Å²) < 4.78 is 36.1. The largest absolute Gasteiger partial charge is 0.449 e. The Balaban J connectivity index is 1.65. The van der Waals surface area contributed by atoms with Gasteiger partial charge < -0.3 is 19.7 Å². The molecular formula is C22H26ClN3O7S. The van der Waals surface area contributed by atoms with Crippen molar-refractivity contribution in [2.45, 2.75) is 17.9 Å². The number of nitrogens with one attached hydrogen (secondary N) is 1. The Bertz CT molecular complexity index is 1140. The first kappa shape index (κ1) is 25.9. The fraction of sp³-hybridized carbons (Fsp3) is 0.364. The number of halogens is 1. The molecule has 0 saturated carbocycles. The van der Waals surface area contributed by atoms with Gasteiger partial charge in [0.15, 0.2) is 6.10 Å². The SMILES string of the molecule is CON(C)S(=O)(=O)c1ccc(Cl)c(C(=O)OC(C)C(=O)Nc2ccc(N3CCOCC3)cc2)c1. The van der Waals surface area contributed by atoms with Crippen molar-refractivity contribution < 1.29 is 32.3 Å². The second-order valence-corrected chi connectivity index (χ2v) is 9.77. The number of carbonyl (C=O) groups excluding carboxylic acids is 2. The van der Waals surface area contributed by atoms with E-state index in [1.165, 1.54) is 33.2 Å². The van der Waals surface area contributed by atoms with Gasteiger partial charge in [0.25, 0.3) is 15.9 Å². The molecule has 34 heavy (non-hydrogen) atoms. The summed E-state index contributed by atoms with van der Waals surface area (Å²) in [6.45, 7) is 4.34. The van der Waals surface area contributed by atoms with Gasteiger partial charge in [-0.2, -0.15) is 0 Å². The van der Waals surface area contributed by atoms with Gasteiger partial charge >= 0.3 is 5.97 Å². The summed E-state index contributed by atoms with van der Waals surface area (Å²) in [4.78, 5) is 31.9. The molecule has 3 rings (SSSR count). The van der Waals surface area contributed by atoms with Crippen LogP contribution in [-0.4, -0.2) is 71.3 Å². The Labute approximate surface area is 203 Å². The molecule has 2 aromatic rings. The molecule has 12 heteroatoms. The number of nitrogens with zero attached hydrogens (tertiary/aromatic N) is 2. The number of rotatable bonds is 8. The lowest BCUT2D eigenvalue weighted by Gasteiger charge is -2.28. The summed E-state index contributed by atoms with van der Waals surface area (Å²) in [5.41, 5.74) is 1.37. The molecule has 1 aliphatic rings. The molecule has 1 unspecified atom stereocenters. The van der Waals surface area contributed by atoms with Crippen LogP contribution >= 0.6 is 11.6 Å². The Hall–Kier alpha value is -2.70. The minimum atomic E-state index is -4.00. The average Bonchev–Trinajstić information content (AvgIpc) is 2.84. The Morgan fingerprint density at radius 1 is 1.15 bits per heavy atom.